The van der Waals surface area contributed by atoms with Gasteiger partial charge in [-0.05, 0) is 30.1 Å². The molecular formula is C13H24. The van der Waals surface area contributed by atoms with Crippen LogP contribution in [0.1, 0.15) is 33.1 Å². The van der Waals surface area contributed by atoms with Crippen LogP contribution in [0.2, 0.25) is 0 Å². The van der Waals surface area contributed by atoms with Crippen molar-refractivity contribution in [2.45, 2.75) is 33.1 Å². The summed E-state index contributed by atoms with van der Waals surface area (Å²) in [5.41, 5.74) is 0. The highest BCUT2D eigenvalue weighted by atomic mass is 14.2. The Morgan fingerprint density at radius 1 is 0.923 bits per heavy atom. The lowest BCUT2D eigenvalue weighted by molar-refractivity contribution is 0.287. The topological polar surface area (TPSA) is 0 Å². The second kappa shape index (κ2) is 6.23. The smallest absolute Gasteiger partial charge is 0.0335 e. The van der Waals surface area contributed by atoms with E-state index >= 15 is 0 Å². The summed E-state index contributed by atoms with van der Waals surface area (Å²) in [6, 6.07) is 0. The molecule has 0 aliphatic heterocycles. The zero-order chi connectivity index (χ0) is 10.4. The third kappa shape index (κ3) is 4.50. The lowest BCUT2D eigenvalue weighted by Crippen LogP contribution is -2.17. The third-order valence-electron chi connectivity index (χ3n) is 2.99. The Bertz CT molecular complexity index is 99.2. The van der Waals surface area contributed by atoms with Crippen LogP contribution in [0.25, 0.3) is 0 Å². The predicted molar refractivity (Wildman–Crippen MR) is 60.6 cm³/mol. The summed E-state index contributed by atoms with van der Waals surface area (Å²) >= 11 is 0. The van der Waals surface area contributed by atoms with Crippen molar-refractivity contribution >= 4 is 0 Å². The molecule has 0 saturated heterocycles. The Morgan fingerprint density at radius 2 is 1.23 bits per heavy atom. The van der Waals surface area contributed by atoms with Gasteiger partial charge >= 0.3 is 0 Å². The van der Waals surface area contributed by atoms with Crippen LogP contribution in [-0.4, -0.2) is 0 Å². The van der Waals surface area contributed by atoms with Gasteiger partial charge in [0.1, 0.15) is 0 Å². The molecule has 0 rings (SSSR count). The standard InChI is InChI=1S/C13H24/c1-7-12(10(3)4)9-13(8-2)11(5)6/h10-13H,3-9H2,1-2H3. The van der Waals surface area contributed by atoms with Crippen LogP contribution >= 0.6 is 0 Å². The molecule has 0 fully saturated rings. The molecular weight excluding hydrogens is 156 g/mol. The van der Waals surface area contributed by atoms with Gasteiger partial charge in [0.2, 0.25) is 0 Å². The molecule has 0 aromatic rings. The zero-order valence-electron chi connectivity index (χ0n) is 9.26. The average Bonchev–Trinajstić information content (AvgIpc) is 2.05. The maximum Gasteiger partial charge on any atom is 0.0335 e. The summed E-state index contributed by atoms with van der Waals surface area (Å²) in [7, 11) is 0. The highest BCUT2D eigenvalue weighted by molar-refractivity contribution is 4.80. The van der Waals surface area contributed by atoms with E-state index in [0.717, 1.165) is 0 Å². The minimum atomic E-state index is 0.304. The summed E-state index contributed by atoms with van der Waals surface area (Å²) in [5, 5.41) is 0. The molecule has 0 aliphatic rings. The summed E-state index contributed by atoms with van der Waals surface area (Å²) < 4.78 is 0. The first kappa shape index (κ1) is 12.7. The fourth-order valence-electron chi connectivity index (χ4n) is 1.77. The Kier molecular flexibility index (Phi) is 6.11. The number of hydrogen-bond acceptors (Lipinski definition) is 0. The average molecular weight is 180 g/mol. The minimum Gasteiger partial charge on any atom is -0.296 e. The largest absolute Gasteiger partial charge is 0.296 e. The molecule has 0 spiro atoms. The van der Waals surface area contributed by atoms with Crippen molar-refractivity contribution in [2.24, 2.45) is 23.7 Å². The summed E-state index contributed by atoms with van der Waals surface area (Å²) in [5.74, 6) is 1.88. The van der Waals surface area contributed by atoms with Crippen molar-refractivity contribution in [3.8, 4) is 0 Å². The number of hydrogen-bond donors (Lipinski definition) is 0. The molecule has 0 nitrogen and oxygen atoms in total. The molecule has 0 heteroatoms. The highest BCUT2D eigenvalue weighted by Gasteiger charge is 2.19. The molecule has 0 N–H and O–H groups in total. The summed E-state index contributed by atoms with van der Waals surface area (Å²) in [6.45, 7) is 20.4. The van der Waals surface area contributed by atoms with Crippen molar-refractivity contribution in [2.75, 3.05) is 0 Å². The number of rotatable bonds is 6. The van der Waals surface area contributed by atoms with E-state index in [9.17, 15) is 0 Å². The molecule has 76 valence electrons. The van der Waals surface area contributed by atoms with Crippen LogP contribution in [0.3, 0.4) is 0 Å². The van der Waals surface area contributed by atoms with Gasteiger partial charge in [0.05, 0.1) is 0 Å². The predicted octanol–water partition coefficient (Wildman–Crippen LogP) is 4.00. The minimum absolute atomic E-state index is 0.304. The van der Waals surface area contributed by atoms with Crippen molar-refractivity contribution in [3.63, 3.8) is 0 Å². The van der Waals surface area contributed by atoms with Crippen molar-refractivity contribution in [1.29, 1.82) is 0 Å². The Morgan fingerprint density at radius 3 is 1.38 bits per heavy atom. The Balaban J connectivity index is 4.03. The van der Waals surface area contributed by atoms with Gasteiger partial charge in [-0.2, -0.15) is 0 Å². The first-order chi connectivity index (χ1) is 6.02. The lowest BCUT2D eigenvalue weighted by Gasteiger charge is -2.26. The lowest BCUT2D eigenvalue weighted by atomic mass is 9.79. The van der Waals surface area contributed by atoms with E-state index < -0.39 is 0 Å². The van der Waals surface area contributed by atoms with Gasteiger partial charge in [0, 0.05) is 13.8 Å². The van der Waals surface area contributed by atoms with E-state index in [4.69, 9.17) is 0 Å². The SMILES string of the molecule is [CH2+]C([CH2-])C(CC)CC(CC)C([CH2+])[CH2-]. The maximum atomic E-state index is 4.00. The molecule has 2 atom stereocenters. The van der Waals surface area contributed by atoms with Crippen LogP contribution in [0, 0.1) is 51.4 Å². The molecule has 0 aromatic heterocycles. The molecule has 0 radical (unpaired) electrons. The van der Waals surface area contributed by atoms with Gasteiger partial charge in [0.15, 0.2) is 0 Å². The summed E-state index contributed by atoms with van der Waals surface area (Å²) in [4.78, 5) is 0. The fraction of sp³-hybridized carbons (Fsp3) is 0.692. The Labute approximate surface area is 85.1 Å². The molecule has 0 aliphatic carbocycles. The maximum absolute atomic E-state index is 4.00. The van der Waals surface area contributed by atoms with Gasteiger partial charge in [-0.3, -0.25) is 13.8 Å². The zero-order valence-corrected chi connectivity index (χ0v) is 9.26. The van der Waals surface area contributed by atoms with Crippen LogP contribution in [-0.2, 0) is 0 Å². The van der Waals surface area contributed by atoms with Crippen molar-refractivity contribution in [1.82, 2.24) is 0 Å². The van der Waals surface area contributed by atoms with Crippen LogP contribution in [0.4, 0.5) is 0 Å². The monoisotopic (exact) mass is 180 g/mol. The van der Waals surface area contributed by atoms with E-state index in [0.29, 0.717) is 23.7 Å². The molecule has 0 heterocycles. The van der Waals surface area contributed by atoms with Crippen LogP contribution < -0.4 is 0 Å². The van der Waals surface area contributed by atoms with E-state index in [1.165, 1.54) is 19.3 Å². The normalized spacial score (nSPS) is 20.6. The first-order valence-corrected chi connectivity index (χ1v) is 5.35. The molecule has 0 aromatic carbocycles. The Hall–Kier alpha value is -0.260. The fourth-order valence-corrected chi connectivity index (χ4v) is 1.77. The van der Waals surface area contributed by atoms with Crippen LogP contribution in [0.5, 0.6) is 0 Å². The van der Waals surface area contributed by atoms with Crippen molar-refractivity contribution < 1.29 is 0 Å². The van der Waals surface area contributed by atoms with Gasteiger partial charge in [-0.25, -0.2) is 0 Å². The quantitative estimate of drug-likeness (QED) is 0.542. The van der Waals surface area contributed by atoms with E-state index in [1.807, 2.05) is 0 Å². The van der Waals surface area contributed by atoms with Gasteiger partial charge in [-0.1, -0.05) is 26.7 Å². The second-order valence-corrected chi connectivity index (χ2v) is 4.09. The van der Waals surface area contributed by atoms with E-state index in [1.54, 1.807) is 0 Å². The van der Waals surface area contributed by atoms with Gasteiger partial charge in [0.25, 0.3) is 0 Å². The van der Waals surface area contributed by atoms with Crippen molar-refractivity contribution in [3.05, 3.63) is 27.7 Å². The second-order valence-electron chi connectivity index (χ2n) is 4.09. The summed E-state index contributed by atoms with van der Waals surface area (Å²) in [6.07, 6.45) is 3.52. The van der Waals surface area contributed by atoms with E-state index in [-0.39, 0.29) is 0 Å². The molecule has 0 amide bonds. The van der Waals surface area contributed by atoms with Gasteiger partial charge in [-0.15, -0.1) is 0 Å². The molecule has 0 saturated carbocycles. The molecule has 13 heavy (non-hydrogen) atoms. The third-order valence-corrected chi connectivity index (χ3v) is 2.99. The highest BCUT2D eigenvalue weighted by Crippen LogP contribution is 2.28. The first-order valence-electron chi connectivity index (χ1n) is 5.35. The van der Waals surface area contributed by atoms with Crippen LogP contribution in [0.15, 0.2) is 0 Å². The molecule has 2 unspecified atom stereocenters. The van der Waals surface area contributed by atoms with Gasteiger partial charge < -0.3 is 0 Å². The van der Waals surface area contributed by atoms with E-state index in [2.05, 4.69) is 41.5 Å². The molecule has 0 bridgehead atoms.